The van der Waals surface area contributed by atoms with Crippen molar-refractivity contribution in [3.8, 4) is 0 Å². The van der Waals surface area contributed by atoms with Gasteiger partial charge in [-0.3, -0.25) is 4.79 Å². The number of amides is 1. The molecule has 0 saturated heterocycles. The Labute approximate surface area is 134 Å². The van der Waals surface area contributed by atoms with E-state index in [-0.39, 0.29) is 5.91 Å². The van der Waals surface area contributed by atoms with Crippen LogP contribution in [0.2, 0.25) is 0 Å². The molecule has 3 rings (SSSR count). The first-order valence-electron chi connectivity index (χ1n) is 7.67. The molecule has 1 atom stereocenters. The summed E-state index contributed by atoms with van der Waals surface area (Å²) in [5, 5.41) is 3.96. The number of furan rings is 1. The first kappa shape index (κ1) is 15.0. The van der Waals surface area contributed by atoms with Gasteiger partial charge in [-0.2, -0.15) is 5.10 Å². The summed E-state index contributed by atoms with van der Waals surface area (Å²) < 4.78 is 5.36. The van der Waals surface area contributed by atoms with E-state index in [2.05, 4.69) is 17.5 Å². The van der Waals surface area contributed by atoms with E-state index in [0.29, 0.717) is 5.76 Å². The van der Waals surface area contributed by atoms with Gasteiger partial charge in [0.25, 0.3) is 5.91 Å². The maximum absolute atomic E-state index is 12.2. The van der Waals surface area contributed by atoms with Crippen LogP contribution >= 0.6 is 11.3 Å². The van der Waals surface area contributed by atoms with Crippen LogP contribution < -0.4 is 5.43 Å². The summed E-state index contributed by atoms with van der Waals surface area (Å²) >= 11 is 1.60. The fourth-order valence-electron chi connectivity index (χ4n) is 2.79. The molecule has 22 heavy (non-hydrogen) atoms. The van der Waals surface area contributed by atoms with Crippen LogP contribution in [0.3, 0.4) is 0 Å². The molecule has 5 heteroatoms. The molecule has 0 fully saturated rings. The lowest BCUT2D eigenvalue weighted by atomic mass is 9.87. The minimum Gasteiger partial charge on any atom is -0.460 e. The van der Waals surface area contributed by atoms with Crippen molar-refractivity contribution < 1.29 is 9.21 Å². The minimum atomic E-state index is -0.146. The second-order valence-electron chi connectivity index (χ2n) is 5.72. The summed E-state index contributed by atoms with van der Waals surface area (Å²) in [7, 11) is 0. The highest BCUT2D eigenvalue weighted by molar-refractivity contribution is 7.14. The van der Waals surface area contributed by atoms with Gasteiger partial charge in [-0.1, -0.05) is 13.3 Å². The van der Waals surface area contributed by atoms with Gasteiger partial charge in [0.2, 0.25) is 0 Å². The van der Waals surface area contributed by atoms with E-state index in [1.54, 1.807) is 11.3 Å². The highest BCUT2D eigenvalue weighted by atomic mass is 32.1. The van der Waals surface area contributed by atoms with Gasteiger partial charge in [-0.05, 0) is 55.9 Å². The molecule has 0 spiro atoms. The summed E-state index contributed by atoms with van der Waals surface area (Å²) in [5.74, 6) is 2.07. The number of hydrogen-bond donors (Lipinski definition) is 1. The number of carbonyl (C=O) groups is 1. The molecular weight excluding hydrogens is 296 g/mol. The van der Waals surface area contributed by atoms with Gasteiger partial charge in [-0.15, -0.1) is 11.3 Å². The third kappa shape index (κ3) is 3.30. The van der Waals surface area contributed by atoms with Crippen LogP contribution in [0.15, 0.2) is 27.7 Å². The maximum atomic E-state index is 12.2. The second-order valence-corrected chi connectivity index (χ2v) is 6.86. The zero-order valence-electron chi connectivity index (χ0n) is 12.9. The molecule has 4 nitrogen and oxygen atoms in total. The predicted octanol–water partition coefficient (Wildman–Crippen LogP) is 3.93. The van der Waals surface area contributed by atoms with Crippen LogP contribution in [-0.2, 0) is 12.8 Å². The molecule has 0 radical (unpaired) electrons. The van der Waals surface area contributed by atoms with Gasteiger partial charge in [0.1, 0.15) is 11.5 Å². The van der Waals surface area contributed by atoms with Crippen LogP contribution in [0.25, 0.3) is 0 Å². The number of carbonyl (C=O) groups excluding carboxylic acids is 1. The zero-order chi connectivity index (χ0) is 15.5. The summed E-state index contributed by atoms with van der Waals surface area (Å²) in [5.41, 5.74) is 3.92. The van der Waals surface area contributed by atoms with E-state index in [4.69, 9.17) is 4.42 Å². The molecule has 0 bridgehead atoms. The minimum absolute atomic E-state index is 0.146. The average molecular weight is 316 g/mol. The van der Waals surface area contributed by atoms with Crippen LogP contribution in [0.1, 0.15) is 51.4 Å². The van der Waals surface area contributed by atoms with Gasteiger partial charge in [0.15, 0.2) is 0 Å². The number of thiophene rings is 1. The molecular formula is C17H20N2O2S. The lowest BCUT2D eigenvalue weighted by Crippen LogP contribution is -2.16. The first-order chi connectivity index (χ1) is 10.7. The van der Waals surface area contributed by atoms with Crippen LogP contribution in [-0.4, -0.2) is 12.1 Å². The topological polar surface area (TPSA) is 54.6 Å². The van der Waals surface area contributed by atoms with Crippen molar-refractivity contribution >= 4 is 23.5 Å². The van der Waals surface area contributed by atoms with Crippen LogP contribution in [0.5, 0.6) is 0 Å². The first-order valence-corrected chi connectivity index (χ1v) is 8.48. The van der Waals surface area contributed by atoms with E-state index in [0.717, 1.165) is 29.4 Å². The highest BCUT2D eigenvalue weighted by Crippen LogP contribution is 2.33. The molecule has 116 valence electrons. The molecule has 2 aromatic rings. The standard InChI is InChI=1S/C17H20N2O2S/c1-3-12-5-7-15-13(8-12)9-16(22-15)17(20)19-18-10-14-6-4-11(2)21-14/h4,6,9-10,12H,3,5,7-8H2,1-2H3,(H,19,20)/b18-10-/t12-/m1/s1. The number of nitrogens with one attached hydrogen (secondary N) is 1. The van der Waals surface area contributed by atoms with E-state index >= 15 is 0 Å². The average Bonchev–Trinajstić information content (AvgIpc) is 3.12. The van der Waals surface area contributed by atoms with Crippen molar-refractivity contribution in [2.75, 3.05) is 0 Å². The monoisotopic (exact) mass is 316 g/mol. The Bertz CT molecular complexity index is 699. The highest BCUT2D eigenvalue weighted by Gasteiger charge is 2.21. The Morgan fingerprint density at radius 2 is 2.41 bits per heavy atom. The molecule has 0 unspecified atom stereocenters. The SMILES string of the molecule is CC[C@@H]1CCc2sc(C(=O)N/N=C\c3ccc(C)o3)cc2C1. The third-order valence-electron chi connectivity index (χ3n) is 4.11. The van der Waals surface area contributed by atoms with E-state index in [9.17, 15) is 4.79 Å². The fraction of sp³-hybridized carbons (Fsp3) is 0.412. The number of fused-ring (bicyclic) bond motifs is 1. The molecule has 2 aromatic heterocycles. The number of aryl methyl sites for hydroxylation is 2. The third-order valence-corrected chi connectivity index (χ3v) is 5.34. The lowest BCUT2D eigenvalue weighted by molar-refractivity contribution is 0.0959. The Hall–Kier alpha value is -1.88. The van der Waals surface area contributed by atoms with Gasteiger partial charge in [-0.25, -0.2) is 5.43 Å². The molecule has 1 amide bonds. The van der Waals surface area contributed by atoms with E-state index in [1.807, 2.05) is 25.1 Å². The largest absolute Gasteiger partial charge is 0.460 e. The van der Waals surface area contributed by atoms with Crippen LogP contribution in [0, 0.1) is 12.8 Å². The van der Waals surface area contributed by atoms with E-state index < -0.39 is 0 Å². The lowest BCUT2D eigenvalue weighted by Gasteiger charge is -2.19. The number of rotatable bonds is 4. The van der Waals surface area contributed by atoms with Crippen molar-refractivity contribution in [2.24, 2.45) is 11.0 Å². The van der Waals surface area contributed by atoms with Gasteiger partial charge in [0, 0.05) is 4.88 Å². The fourth-order valence-corrected chi connectivity index (χ4v) is 3.89. The van der Waals surface area contributed by atoms with Gasteiger partial charge < -0.3 is 4.42 Å². The summed E-state index contributed by atoms with van der Waals surface area (Å²) in [6.45, 7) is 4.11. The second kappa shape index (κ2) is 6.48. The molecule has 2 heterocycles. The summed E-state index contributed by atoms with van der Waals surface area (Å²) in [4.78, 5) is 14.3. The van der Waals surface area contributed by atoms with Crippen LogP contribution in [0.4, 0.5) is 0 Å². The Balaban J connectivity index is 1.63. The number of hydrogen-bond acceptors (Lipinski definition) is 4. The normalized spacial score (nSPS) is 17.6. The molecule has 0 saturated carbocycles. The Morgan fingerprint density at radius 1 is 1.55 bits per heavy atom. The van der Waals surface area contributed by atoms with Crippen molar-refractivity contribution in [1.82, 2.24) is 5.43 Å². The summed E-state index contributed by atoms with van der Waals surface area (Å²) in [6, 6.07) is 5.71. The zero-order valence-corrected chi connectivity index (χ0v) is 13.7. The van der Waals surface area contributed by atoms with Crippen molar-refractivity contribution in [1.29, 1.82) is 0 Å². The smallest absolute Gasteiger partial charge is 0.281 e. The molecule has 1 aliphatic rings. The van der Waals surface area contributed by atoms with Crippen molar-refractivity contribution in [2.45, 2.75) is 39.5 Å². The van der Waals surface area contributed by atoms with Gasteiger partial charge >= 0.3 is 0 Å². The Morgan fingerprint density at radius 3 is 3.14 bits per heavy atom. The molecule has 1 aliphatic carbocycles. The number of hydrazone groups is 1. The van der Waals surface area contributed by atoms with Crippen molar-refractivity contribution in [3.05, 3.63) is 45.0 Å². The molecule has 0 aromatic carbocycles. The Kier molecular flexibility index (Phi) is 4.43. The van der Waals surface area contributed by atoms with Gasteiger partial charge in [0.05, 0.1) is 11.1 Å². The summed E-state index contributed by atoms with van der Waals surface area (Å²) in [6.07, 6.45) is 6.17. The predicted molar refractivity (Wildman–Crippen MR) is 88.6 cm³/mol. The maximum Gasteiger partial charge on any atom is 0.281 e. The molecule has 1 N–H and O–H groups in total. The quantitative estimate of drug-likeness (QED) is 0.686. The molecule has 0 aliphatic heterocycles. The van der Waals surface area contributed by atoms with Crippen molar-refractivity contribution in [3.63, 3.8) is 0 Å². The van der Waals surface area contributed by atoms with E-state index in [1.165, 1.54) is 29.5 Å². The number of nitrogens with zero attached hydrogens (tertiary/aromatic N) is 1.